The van der Waals surface area contributed by atoms with Crippen LogP contribution in [0.4, 0.5) is 18.9 Å². The molecular formula is C21H30F3N3O2. The van der Waals surface area contributed by atoms with Crippen LogP contribution in [0.1, 0.15) is 37.8 Å². The Hall–Kier alpha value is -2.32. The highest BCUT2D eigenvalue weighted by atomic mass is 19.4. The van der Waals surface area contributed by atoms with Gasteiger partial charge in [-0.15, -0.1) is 0 Å². The summed E-state index contributed by atoms with van der Waals surface area (Å²) in [6.45, 7) is 8.29. The smallest absolute Gasteiger partial charge is 0.418 e. The predicted octanol–water partition coefficient (Wildman–Crippen LogP) is 4.36. The summed E-state index contributed by atoms with van der Waals surface area (Å²) in [5.74, 6) is 0.886. The molecule has 1 aliphatic heterocycles. The molecule has 1 aromatic heterocycles. The molecule has 0 amide bonds. The Labute approximate surface area is 170 Å². The largest absolute Gasteiger partial charge is 0.492 e. The first kappa shape index (κ1) is 24.7. The molecule has 3 N–H and O–H groups in total. The number of pyridine rings is 1. The van der Waals surface area contributed by atoms with Crippen LogP contribution in [-0.4, -0.2) is 41.2 Å². The second-order valence-corrected chi connectivity index (χ2v) is 6.16. The van der Waals surface area contributed by atoms with Crippen molar-refractivity contribution in [2.24, 2.45) is 0 Å². The van der Waals surface area contributed by atoms with Crippen LogP contribution >= 0.6 is 0 Å². The molecule has 1 aliphatic rings. The lowest BCUT2D eigenvalue weighted by Crippen LogP contribution is -2.25. The van der Waals surface area contributed by atoms with Gasteiger partial charge in [0, 0.05) is 12.7 Å². The minimum Gasteiger partial charge on any atom is -0.492 e. The maximum atomic E-state index is 11.9. The van der Waals surface area contributed by atoms with Crippen molar-refractivity contribution < 1.29 is 23.0 Å². The summed E-state index contributed by atoms with van der Waals surface area (Å²) in [5.41, 5.74) is 4.76. The second-order valence-electron chi connectivity index (χ2n) is 6.16. The van der Waals surface area contributed by atoms with E-state index < -0.39 is 11.7 Å². The van der Waals surface area contributed by atoms with Gasteiger partial charge >= 0.3 is 6.18 Å². The van der Waals surface area contributed by atoms with E-state index in [0.29, 0.717) is 0 Å². The third kappa shape index (κ3) is 9.15. The third-order valence-corrected chi connectivity index (χ3v) is 4.14. The number of ether oxygens (including phenoxy) is 1. The van der Waals surface area contributed by atoms with Crippen LogP contribution in [0.3, 0.4) is 0 Å². The zero-order valence-corrected chi connectivity index (χ0v) is 17.0. The maximum absolute atomic E-state index is 11.9. The molecule has 8 heteroatoms. The van der Waals surface area contributed by atoms with Crippen molar-refractivity contribution in [2.75, 3.05) is 32.0 Å². The average Bonchev–Trinajstić information content (AvgIpc) is 3.24. The highest BCUT2D eigenvalue weighted by Crippen LogP contribution is 2.32. The first-order valence-corrected chi connectivity index (χ1v) is 9.72. The number of alkyl halides is 3. The van der Waals surface area contributed by atoms with Crippen molar-refractivity contribution in [3.63, 3.8) is 0 Å². The van der Waals surface area contributed by atoms with Gasteiger partial charge < -0.3 is 15.6 Å². The Morgan fingerprint density at radius 3 is 2.21 bits per heavy atom. The van der Waals surface area contributed by atoms with Gasteiger partial charge in [0.15, 0.2) is 0 Å². The molecule has 0 unspecified atom stereocenters. The van der Waals surface area contributed by atoms with Gasteiger partial charge in [-0.1, -0.05) is 26.0 Å². The molecule has 2 heterocycles. The summed E-state index contributed by atoms with van der Waals surface area (Å²) in [6, 6.07) is 8.46. The van der Waals surface area contributed by atoms with E-state index in [1.165, 1.54) is 25.9 Å². The van der Waals surface area contributed by atoms with E-state index in [0.717, 1.165) is 42.9 Å². The molecule has 0 atom stereocenters. The maximum Gasteiger partial charge on any atom is 0.418 e. The van der Waals surface area contributed by atoms with Gasteiger partial charge in [0.2, 0.25) is 0 Å². The molecule has 29 heavy (non-hydrogen) atoms. The summed E-state index contributed by atoms with van der Waals surface area (Å²) >= 11 is 0. The molecule has 0 bridgehead atoms. The van der Waals surface area contributed by atoms with Crippen LogP contribution in [0.5, 0.6) is 5.75 Å². The Kier molecular flexibility index (Phi) is 11.1. The molecular weight excluding hydrogens is 383 g/mol. The first-order chi connectivity index (χ1) is 13.9. The fraction of sp³-hybridized carbons (Fsp3) is 0.476. The molecule has 0 saturated carbocycles. The molecule has 0 spiro atoms. The van der Waals surface area contributed by atoms with Crippen LogP contribution in [0, 0.1) is 0 Å². The number of aliphatic hydroxyl groups excluding tert-OH is 1. The predicted molar refractivity (Wildman–Crippen MR) is 109 cm³/mol. The van der Waals surface area contributed by atoms with Crippen molar-refractivity contribution in [2.45, 2.75) is 39.5 Å². The standard InChI is InChI=1S/C13H19NO2.C6H5F3N2.C2H6/c15-11-12-3-5-13(6-4-12)16-10-9-14-7-1-2-8-14;7-6(8,9)4-1-2-11-3-5(4)10;1-2/h3-6,15H,1-2,7-11H2;1-3H,10H2;1-2H3. The SMILES string of the molecule is CC.Nc1cnccc1C(F)(F)F.OCc1ccc(OCCN2CCCC2)cc1. The van der Waals surface area contributed by atoms with E-state index in [1.807, 2.05) is 38.1 Å². The molecule has 1 saturated heterocycles. The Balaban J connectivity index is 0.000000284. The van der Waals surface area contributed by atoms with E-state index in [-0.39, 0.29) is 12.3 Å². The quantitative estimate of drug-likeness (QED) is 0.762. The number of aromatic nitrogens is 1. The summed E-state index contributed by atoms with van der Waals surface area (Å²) < 4.78 is 41.5. The summed E-state index contributed by atoms with van der Waals surface area (Å²) in [5, 5.41) is 8.90. The molecule has 0 aliphatic carbocycles. The highest BCUT2D eigenvalue weighted by molar-refractivity contribution is 5.45. The minimum atomic E-state index is -4.38. The van der Waals surface area contributed by atoms with Crippen LogP contribution in [0.2, 0.25) is 0 Å². The molecule has 1 aromatic carbocycles. The number of nitrogens with two attached hydrogens (primary N) is 1. The molecule has 5 nitrogen and oxygen atoms in total. The number of aliphatic hydroxyl groups is 1. The average molecular weight is 413 g/mol. The van der Waals surface area contributed by atoms with Crippen LogP contribution in [0.25, 0.3) is 0 Å². The molecule has 162 valence electrons. The first-order valence-electron chi connectivity index (χ1n) is 9.72. The number of hydrogen-bond donors (Lipinski definition) is 2. The third-order valence-electron chi connectivity index (χ3n) is 4.14. The van der Waals surface area contributed by atoms with Crippen molar-refractivity contribution in [1.29, 1.82) is 0 Å². The van der Waals surface area contributed by atoms with Gasteiger partial charge in [0.1, 0.15) is 12.4 Å². The minimum absolute atomic E-state index is 0.0913. The lowest BCUT2D eigenvalue weighted by molar-refractivity contribution is -0.136. The van der Waals surface area contributed by atoms with E-state index >= 15 is 0 Å². The van der Waals surface area contributed by atoms with Crippen molar-refractivity contribution >= 4 is 5.69 Å². The van der Waals surface area contributed by atoms with Gasteiger partial charge in [0.25, 0.3) is 0 Å². The van der Waals surface area contributed by atoms with Crippen LogP contribution in [0.15, 0.2) is 42.7 Å². The Morgan fingerprint density at radius 2 is 1.72 bits per heavy atom. The lowest BCUT2D eigenvalue weighted by atomic mass is 10.2. The summed E-state index contributed by atoms with van der Waals surface area (Å²) in [6.07, 6.45) is 0.297. The van der Waals surface area contributed by atoms with Gasteiger partial charge in [-0.25, -0.2) is 0 Å². The van der Waals surface area contributed by atoms with E-state index in [2.05, 4.69) is 9.88 Å². The zero-order chi connectivity index (χ0) is 21.7. The van der Waals surface area contributed by atoms with Gasteiger partial charge in [0.05, 0.1) is 24.1 Å². The number of rotatable bonds is 5. The monoisotopic (exact) mass is 413 g/mol. The molecule has 2 aromatic rings. The number of likely N-dealkylation sites (tertiary alicyclic amines) is 1. The second kappa shape index (κ2) is 13.0. The van der Waals surface area contributed by atoms with Crippen LogP contribution < -0.4 is 10.5 Å². The lowest BCUT2D eigenvalue weighted by Gasteiger charge is -2.14. The number of anilines is 1. The van der Waals surface area contributed by atoms with Gasteiger partial charge in [-0.2, -0.15) is 13.2 Å². The molecule has 1 fully saturated rings. The molecule has 3 rings (SSSR count). The summed E-state index contributed by atoms with van der Waals surface area (Å²) in [4.78, 5) is 5.87. The van der Waals surface area contributed by atoms with E-state index in [9.17, 15) is 13.2 Å². The number of hydrogen-bond acceptors (Lipinski definition) is 5. The number of halogens is 3. The van der Waals surface area contributed by atoms with Gasteiger partial charge in [-0.3, -0.25) is 9.88 Å². The fourth-order valence-corrected chi connectivity index (χ4v) is 2.65. The van der Waals surface area contributed by atoms with E-state index in [4.69, 9.17) is 15.6 Å². The normalized spacial score (nSPS) is 13.7. The van der Waals surface area contributed by atoms with E-state index in [1.54, 1.807) is 0 Å². The van der Waals surface area contributed by atoms with Crippen molar-refractivity contribution in [3.05, 3.63) is 53.9 Å². The number of nitrogens with zero attached hydrogens (tertiary/aromatic N) is 2. The fourth-order valence-electron chi connectivity index (χ4n) is 2.65. The molecule has 0 radical (unpaired) electrons. The van der Waals surface area contributed by atoms with Crippen molar-refractivity contribution in [3.8, 4) is 5.75 Å². The highest BCUT2D eigenvalue weighted by Gasteiger charge is 2.32. The Bertz CT molecular complexity index is 688. The zero-order valence-electron chi connectivity index (χ0n) is 17.0. The number of nitrogen functional groups attached to an aromatic ring is 1. The summed E-state index contributed by atoms with van der Waals surface area (Å²) in [7, 11) is 0. The Morgan fingerprint density at radius 1 is 1.10 bits per heavy atom. The van der Waals surface area contributed by atoms with Crippen LogP contribution in [-0.2, 0) is 12.8 Å². The van der Waals surface area contributed by atoms with Gasteiger partial charge in [-0.05, 0) is 49.7 Å². The van der Waals surface area contributed by atoms with Crippen molar-refractivity contribution in [1.82, 2.24) is 9.88 Å². The number of benzene rings is 1. The topological polar surface area (TPSA) is 71.6 Å².